The molecular weight excluding hydrogens is 441 g/mol. The van der Waals surface area contributed by atoms with Crippen LogP contribution in [0.5, 0.6) is 0 Å². The smallest absolute Gasteiger partial charge is 0.263 e. The standard InChI is InChI=1S/C21H26FN3O4S2/c1-4-7-25-17-6-5-16(22)9-18(17)30-21(25)23-19(26)12-31(28,29)13-20(27)24-10-14(2)8-15(3)11-24/h4-6,9,14-15H,1,7-8,10-13H2,2-3H3. The van der Waals surface area contributed by atoms with Crippen LogP contribution < -0.4 is 4.80 Å². The minimum atomic E-state index is -3.97. The molecule has 31 heavy (non-hydrogen) atoms. The molecule has 0 aliphatic carbocycles. The summed E-state index contributed by atoms with van der Waals surface area (Å²) in [5.41, 5.74) is 0.671. The number of halogens is 1. The molecule has 2 atom stereocenters. The van der Waals surface area contributed by atoms with Crippen LogP contribution in [0.25, 0.3) is 10.2 Å². The maximum Gasteiger partial charge on any atom is 0.263 e. The van der Waals surface area contributed by atoms with Gasteiger partial charge in [0.2, 0.25) is 5.91 Å². The minimum Gasteiger partial charge on any atom is -0.341 e. The molecule has 1 aromatic heterocycles. The van der Waals surface area contributed by atoms with E-state index in [2.05, 4.69) is 11.6 Å². The van der Waals surface area contributed by atoms with Crippen molar-refractivity contribution in [3.63, 3.8) is 0 Å². The molecule has 1 aliphatic rings. The van der Waals surface area contributed by atoms with Crippen LogP contribution in [0.4, 0.5) is 4.39 Å². The highest BCUT2D eigenvalue weighted by Gasteiger charge is 2.29. The number of fused-ring (bicyclic) bond motifs is 1. The van der Waals surface area contributed by atoms with E-state index < -0.39 is 39.0 Å². The zero-order valence-electron chi connectivity index (χ0n) is 17.6. The summed E-state index contributed by atoms with van der Waals surface area (Å²) in [5, 5.41) is 0. The van der Waals surface area contributed by atoms with Crippen molar-refractivity contribution < 1.29 is 22.4 Å². The van der Waals surface area contributed by atoms with Crippen molar-refractivity contribution >= 4 is 43.2 Å². The fourth-order valence-corrected chi connectivity index (χ4v) is 6.15. The van der Waals surface area contributed by atoms with Gasteiger partial charge in [0.1, 0.15) is 17.3 Å². The fourth-order valence-electron chi connectivity index (χ4n) is 3.96. The Morgan fingerprint density at radius 2 is 1.94 bits per heavy atom. The summed E-state index contributed by atoms with van der Waals surface area (Å²) < 4.78 is 40.7. The van der Waals surface area contributed by atoms with Crippen molar-refractivity contribution in [1.29, 1.82) is 0 Å². The number of sulfone groups is 1. The topological polar surface area (TPSA) is 88.8 Å². The molecule has 0 saturated carbocycles. The third kappa shape index (κ3) is 5.88. The lowest BCUT2D eigenvalue weighted by atomic mass is 9.92. The second-order valence-corrected chi connectivity index (χ2v) is 11.3. The first kappa shape index (κ1) is 23.3. The molecule has 0 spiro atoms. The molecule has 2 aromatic rings. The minimum absolute atomic E-state index is 0.255. The van der Waals surface area contributed by atoms with E-state index in [-0.39, 0.29) is 4.80 Å². The molecule has 1 aromatic carbocycles. The Bertz CT molecular complexity index is 1170. The van der Waals surface area contributed by atoms with Crippen molar-refractivity contribution in [2.75, 3.05) is 24.6 Å². The van der Waals surface area contributed by atoms with Gasteiger partial charge in [-0.15, -0.1) is 6.58 Å². The largest absolute Gasteiger partial charge is 0.341 e. The van der Waals surface area contributed by atoms with Crippen molar-refractivity contribution in [2.24, 2.45) is 16.8 Å². The van der Waals surface area contributed by atoms with Crippen molar-refractivity contribution in [3.05, 3.63) is 41.5 Å². The van der Waals surface area contributed by atoms with Gasteiger partial charge in [-0.2, -0.15) is 4.99 Å². The molecule has 0 N–H and O–H groups in total. The van der Waals surface area contributed by atoms with Gasteiger partial charge in [-0.05, 0) is 36.5 Å². The average molecular weight is 468 g/mol. The predicted molar refractivity (Wildman–Crippen MR) is 119 cm³/mol. The third-order valence-corrected chi connectivity index (χ3v) is 7.50. The van der Waals surface area contributed by atoms with E-state index >= 15 is 0 Å². The second kappa shape index (κ2) is 9.44. The van der Waals surface area contributed by atoms with Gasteiger partial charge < -0.3 is 9.47 Å². The van der Waals surface area contributed by atoms with Crippen LogP contribution in [0.15, 0.2) is 35.8 Å². The molecule has 168 valence electrons. The van der Waals surface area contributed by atoms with Crippen LogP contribution in [0.3, 0.4) is 0 Å². The number of aromatic nitrogens is 1. The number of nitrogens with zero attached hydrogens (tertiary/aromatic N) is 3. The summed E-state index contributed by atoms with van der Waals surface area (Å²) in [6, 6.07) is 4.21. The lowest BCUT2D eigenvalue weighted by Crippen LogP contribution is -2.45. The van der Waals surface area contributed by atoms with Crippen LogP contribution in [0, 0.1) is 17.7 Å². The Morgan fingerprint density at radius 1 is 1.26 bits per heavy atom. The van der Waals surface area contributed by atoms with E-state index in [0.717, 1.165) is 17.8 Å². The molecule has 0 radical (unpaired) electrons. The number of likely N-dealkylation sites (tertiary alicyclic amines) is 1. The molecular formula is C21H26FN3O4S2. The summed E-state index contributed by atoms with van der Waals surface area (Å²) in [6.45, 7) is 9.11. The number of carbonyl (C=O) groups is 2. The summed E-state index contributed by atoms with van der Waals surface area (Å²) in [5.74, 6) is -2.70. The number of rotatable bonds is 6. The zero-order valence-corrected chi connectivity index (χ0v) is 19.2. The number of benzene rings is 1. The van der Waals surface area contributed by atoms with Gasteiger partial charge >= 0.3 is 0 Å². The first-order valence-corrected chi connectivity index (χ1v) is 12.7. The molecule has 1 fully saturated rings. The Balaban J connectivity index is 1.77. The Labute approximate surface area is 184 Å². The van der Waals surface area contributed by atoms with Gasteiger partial charge in [0, 0.05) is 19.6 Å². The molecule has 2 unspecified atom stereocenters. The van der Waals surface area contributed by atoms with Crippen LogP contribution in [-0.2, 0) is 26.0 Å². The third-order valence-electron chi connectivity index (χ3n) is 5.09. The molecule has 3 rings (SSSR count). The van der Waals surface area contributed by atoms with Crippen molar-refractivity contribution in [3.8, 4) is 0 Å². The number of thiazole rings is 1. The number of carbonyl (C=O) groups excluding carboxylic acids is 2. The maximum atomic E-state index is 13.5. The van der Waals surface area contributed by atoms with Gasteiger partial charge in [0.15, 0.2) is 14.6 Å². The van der Waals surface area contributed by atoms with Crippen molar-refractivity contribution in [1.82, 2.24) is 9.47 Å². The van der Waals surface area contributed by atoms with E-state index in [0.29, 0.717) is 41.7 Å². The highest BCUT2D eigenvalue weighted by atomic mass is 32.2. The van der Waals surface area contributed by atoms with Crippen LogP contribution in [0.2, 0.25) is 0 Å². The highest BCUT2D eigenvalue weighted by molar-refractivity contribution is 7.92. The van der Waals surface area contributed by atoms with E-state index in [4.69, 9.17) is 0 Å². The molecule has 10 heteroatoms. The number of hydrogen-bond donors (Lipinski definition) is 0. The predicted octanol–water partition coefficient (Wildman–Crippen LogP) is 2.37. The first-order chi connectivity index (χ1) is 14.6. The Morgan fingerprint density at radius 3 is 2.58 bits per heavy atom. The summed E-state index contributed by atoms with van der Waals surface area (Å²) in [7, 11) is -3.97. The van der Waals surface area contributed by atoms with E-state index in [1.807, 2.05) is 13.8 Å². The molecule has 1 aliphatic heterocycles. The number of allylic oxidation sites excluding steroid dienone is 1. The summed E-state index contributed by atoms with van der Waals surface area (Å²) in [6.07, 6.45) is 2.60. The Hall–Kier alpha value is -2.33. The molecule has 0 bridgehead atoms. The van der Waals surface area contributed by atoms with Gasteiger partial charge in [-0.25, -0.2) is 12.8 Å². The van der Waals surface area contributed by atoms with Crippen molar-refractivity contribution in [2.45, 2.75) is 26.8 Å². The number of piperidine rings is 1. The van der Waals surface area contributed by atoms with Crippen LogP contribution >= 0.6 is 11.3 Å². The van der Waals surface area contributed by atoms with Gasteiger partial charge in [0.05, 0.1) is 10.2 Å². The molecule has 1 saturated heterocycles. The van der Waals surface area contributed by atoms with Gasteiger partial charge in [0.25, 0.3) is 5.91 Å². The maximum absolute atomic E-state index is 13.5. The lowest BCUT2D eigenvalue weighted by Gasteiger charge is -2.34. The normalized spacial score (nSPS) is 20.2. The number of amides is 2. The van der Waals surface area contributed by atoms with Crippen LogP contribution in [-0.4, -0.2) is 54.3 Å². The number of hydrogen-bond acceptors (Lipinski definition) is 5. The zero-order chi connectivity index (χ0) is 22.8. The summed E-state index contributed by atoms with van der Waals surface area (Å²) in [4.78, 5) is 30.7. The quantitative estimate of drug-likeness (QED) is 0.610. The van der Waals surface area contributed by atoms with E-state index in [1.165, 1.54) is 12.1 Å². The highest BCUT2D eigenvalue weighted by Crippen LogP contribution is 2.21. The van der Waals surface area contributed by atoms with E-state index in [9.17, 15) is 22.4 Å². The average Bonchev–Trinajstić information content (AvgIpc) is 2.96. The van der Waals surface area contributed by atoms with Gasteiger partial charge in [-0.3, -0.25) is 9.59 Å². The van der Waals surface area contributed by atoms with E-state index in [1.54, 1.807) is 21.6 Å². The molecule has 2 amide bonds. The second-order valence-electron chi connectivity index (χ2n) is 8.18. The molecule has 7 nitrogen and oxygen atoms in total. The Kier molecular flexibility index (Phi) is 7.10. The summed E-state index contributed by atoms with van der Waals surface area (Å²) >= 11 is 1.09. The lowest BCUT2D eigenvalue weighted by molar-refractivity contribution is -0.131. The fraction of sp³-hybridized carbons (Fsp3) is 0.476. The monoisotopic (exact) mass is 467 g/mol. The first-order valence-electron chi connectivity index (χ1n) is 10.0. The van der Waals surface area contributed by atoms with Gasteiger partial charge in [-0.1, -0.05) is 31.3 Å². The SMILES string of the molecule is C=CCn1c(=NC(=O)CS(=O)(=O)CC(=O)N2CC(C)CC(C)C2)sc2cc(F)ccc21. The van der Waals surface area contributed by atoms with Crippen LogP contribution in [0.1, 0.15) is 20.3 Å². The molecule has 2 heterocycles.